The fourth-order valence-corrected chi connectivity index (χ4v) is 9.28. The van der Waals surface area contributed by atoms with Crippen LogP contribution >= 0.6 is 0 Å². The van der Waals surface area contributed by atoms with Crippen molar-refractivity contribution in [3.8, 4) is 0 Å². The van der Waals surface area contributed by atoms with Gasteiger partial charge in [0.15, 0.2) is 0 Å². The van der Waals surface area contributed by atoms with Gasteiger partial charge in [-0.3, -0.25) is 0 Å². The molecule has 31 heteroatoms. The van der Waals surface area contributed by atoms with Crippen LogP contribution in [0.15, 0.2) is 137 Å². The van der Waals surface area contributed by atoms with Gasteiger partial charge in [-0.15, -0.1) is 0 Å². The Hall–Kier alpha value is -4.56. The monoisotopic (exact) mass is 1000 g/mol. The van der Waals surface area contributed by atoms with Gasteiger partial charge < -0.3 is 39.3 Å². The Balaban J connectivity index is 0.00000324. The van der Waals surface area contributed by atoms with E-state index in [0.29, 0.717) is 22.5 Å². The van der Waals surface area contributed by atoms with Gasteiger partial charge >= 0.3 is 75.4 Å². The van der Waals surface area contributed by atoms with Crippen LogP contribution in [0.2, 0.25) is 0 Å². The standard InChI is InChI=1S/C39H34N10O13S4.4Li/c1-21-15-23(9-11-31(21)48-46-25-17-29-27(35(19-25)65(57,58)59)5-3-7-33(29)63(51,52)53)41-38-43-37(40-13-14-50)44-39(45-38)42-24-10-12-32(22(2)16-24)49-47-26-18-30-28(36(20-26)66(60,61)62)6-4-8-34(30)64(54,55)56;;;;/h3-12,15-20,50H,13-14H2,1-2H3,(H,51,52,53)(H,54,55,56)(H,57,58,59)(H,60,61,62)(H3,40,41,42,43,44,45);;;;/q;4*+1/p-4. The molecule has 0 aliphatic heterocycles. The molecule has 0 saturated carbocycles. The van der Waals surface area contributed by atoms with E-state index in [2.05, 4.69) is 51.4 Å². The van der Waals surface area contributed by atoms with Crippen LogP contribution in [-0.2, 0) is 40.5 Å². The number of aromatic nitrogens is 3. The Labute approximate surface area is 448 Å². The summed E-state index contributed by atoms with van der Waals surface area (Å²) in [4.78, 5) is 10.1. The molecule has 0 fully saturated rings. The summed E-state index contributed by atoms with van der Waals surface area (Å²) in [6.45, 7) is 3.17. The molecular formula is C39H30Li4N10O13S4. The predicted molar refractivity (Wildman–Crippen MR) is 232 cm³/mol. The normalized spacial score (nSPS) is 11.9. The number of rotatable bonds is 15. The largest absolute Gasteiger partial charge is 1.00 e. The summed E-state index contributed by atoms with van der Waals surface area (Å²) in [6, 6.07) is 20.2. The van der Waals surface area contributed by atoms with Gasteiger partial charge in [-0.1, -0.05) is 24.3 Å². The Kier molecular flexibility index (Phi) is 20.3. The number of anilines is 5. The number of aryl methyl sites for hydroxylation is 2. The first kappa shape index (κ1) is 59.7. The van der Waals surface area contributed by atoms with E-state index >= 15 is 0 Å². The molecule has 6 aromatic carbocycles. The topological polar surface area (TPSA) is 373 Å². The molecule has 0 aliphatic carbocycles. The van der Waals surface area contributed by atoms with Gasteiger partial charge in [-0.2, -0.15) is 35.4 Å². The molecule has 0 radical (unpaired) electrons. The number of nitrogens with one attached hydrogen (secondary N) is 3. The van der Waals surface area contributed by atoms with Gasteiger partial charge in [0.1, 0.15) is 40.5 Å². The van der Waals surface area contributed by atoms with Crippen LogP contribution in [-0.4, -0.2) is 85.1 Å². The quantitative estimate of drug-likeness (QED) is 0.0422. The first-order valence-corrected chi connectivity index (χ1v) is 24.3. The van der Waals surface area contributed by atoms with E-state index in [4.69, 9.17) is 0 Å². The van der Waals surface area contributed by atoms with Gasteiger partial charge in [0.25, 0.3) is 0 Å². The van der Waals surface area contributed by atoms with Gasteiger partial charge in [0, 0.05) is 39.5 Å². The van der Waals surface area contributed by atoms with Gasteiger partial charge in [-0.05, 0) is 97.8 Å². The number of benzene rings is 6. The number of aliphatic hydroxyl groups excluding tert-OH is 1. The van der Waals surface area contributed by atoms with E-state index in [1.165, 1.54) is 24.3 Å². The summed E-state index contributed by atoms with van der Waals surface area (Å²) in [7, 11) is -20.4. The molecule has 0 atom stereocenters. The predicted octanol–water partition coefficient (Wildman–Crippen LogP) is -5.85. The molecule has 23 nitrogen and oxygen atoms in total. The Morgan fingerprint density at radius 3 is 1.19 bits per heavy atom. The van der Waals surface area contributed by atoms with E-state index in [1.807, 2.05) is 0 Å². The molecule has 0 aliphatic rings. The number of aliphatic hydroxyl groups is 1. The Morgan fingerprint density at radius 2 is 0.843 bits per heavy atom. The average molecular weight is 1000 g/mol. The van der Waals surface area contributed by atoms with Gasteiger partial charge in [0.05, 0.1) is 48.9 Å². The van der Waals surface area contributed by atoms with E-state index < -0.39 is 60.1 Å². The number of fused-ring (bicyclic) bond motifs is 2. The molecule has 1 heterocycles. The fourth-order valence-electron chi connectivity index (χ4n) is 6.49. The van der Waals surface area contributed by atoms with E-state index in [9.17, 15) is 57.0 Å². The number of hydrogen-bond donors (Lipinski definition) is 4. The first-order chi connectivity index (χ1) is 31.0. The SMILES string of the molecule is Cc1cc(Nc2nc(NCCO)nc(Nc3ccc(N=Nc4cc(S(=O)(=O)[O-])c5cccc(S(=O)(=O)[O-])c5c4)c(C)c3)n2)ccc1N=Nc1cc(S(=O)(=O)[O-])c2cccc(S(=O)(=O)[O-])c2c1.[Li+].[Li+].[Li+].[Li+]. The van der Waals surface area contributed by atoms with Crippen LogP contribution in [0.5, 0.6) is 0 Å². The molecule has 0 unspecified atom stereocenters. The van der Waals surface area contributed by atoms with Crippen molar-refractivity contribution < 1.29 is 132 Å². The molecule has 7 rings (SSSR count). The van der Waals surface area contributed by atoms with Crippen molar-refractivity contribution in [2.24, 2.45) is 20.5 Å². The second kappa shape index (κ2) is 23.8. The minimum atomic E-state index is -5.14. The molecular weight excluding hydrogens is 973 g/mol. The molecule has 0 bridgehead atoms. The minimum absolute atomic E-state index is 0. The van der Waals surface area contributed by atoms with Crippen LogP contribution in [0.25, 0.3) is 21.5 Å². The van der Waals surface area contributed by atoms with Crippen LogP contribution in [0.4, 0.5) is 52.0 Å². The summed E-state index contributed by atoms with van der Waals surface area (Å²) < 4.78 is 144. The van der Waals surface area contributed by atoms with Gasteiger partial charge in [-0.25, -0.2) is 33.7 Å². The molecule has 7 aromatic rings. The molecule has 0 spiro atoms. The van der Waals surface area contributed by atoms with E-state index in [-0.39, 0.29) is 151 Å². The maximum absolute atomic E-state index is 12.1. The smallest absolute Gasteiger partial charge is 0.744 e. The Bertz CT molecular complexity index is 3420. The zero-order valence-electron chi connectivity index (χ0n) is 37.8. The second-order valence-electron chi connectivity index (χ2n) is 14.0. The third-order valence-corrected chi connectivity index (χ3v) is 12.9. The summed E-state index contributed by atoms with van der Waals surface area (Å²) >= 11 is 0. The first-order valence-electron chi connectivity index (χ1n) is 18.6. The van der Waals surface area contributed by atoms with Crippen molar-refractivity contribution in [3.05, 3.63) is 108 Å². The van der Waals surface area contributed by atoms with Crippen LogP contribution < -0.4 is 91.4 Å². The van der Waals surface area contributed by atoms with Crippen molar-refractivity contribution in [2.45, 2.75) is 33.4 Å². The zero-order valence-corrected chi connectivity index (χ0v) is 41.0. The van der Waals surface area contributed by atoms with Gasteiger partial charge in [0.2, 0.25) is 17.8 Å². The maximum atomic E-state index is 12.1. The molecule has 1 aromatic heterocycles. The molecule has 342 valence electrons. The fraction of sp³-hybridized carbons (Fsp3) is 0.103. The van der Waals surface area contributed by atoms with E-state index in [1.54, 1.807) is 38.1 Å². The third kappa shape index (κ3) is 14.3. The van der Waals surface area contributed by atoms with E-state index in [0.717, 1.165) is 48.5 Å². The molecule has 4 N–H and O–H groups in total. The minimum Gasteiger partial charge on any atom is -0.744 e. The van der Waals surface area contributed by atoms with Crippen molar-refractivity contribution in [1.29, 1.82) is 0 Å². The van der Waals surface area contributed by atoms with Crippen molar-refractivity contribution in [1.82, 2.24) is 15.0 Å². The average Bonchev–Trinajstić information content (AvgIpc) is 3.22. The summed E-state index contributed by atoms with van der Waals surface area (Å²) in [6.07, 6.45) is 0. The summed E-state index contributed by atoms with van der Waals surface area (Å²) in [5.41, 5.74) is 2.08. The second-order valence-corrected chi connectivity index (χ2v) is 19.4. The number of azo groups is 2. The number of nitrogens with zero attached hydrogens (tertiary/aromatic N) is 7. The summed E-state index contributed by atoms with van der Waals surface area (Å²) in [5.74, 6) is 0.149. The van der Waals surface area contributed by atoms with Crippen molar-refractivity contribution in [2.75, 3.05) is 29.1 Å². The van der Waals surface area contributed by atoms with Crippen LogP contribution in [0.1, 0.15) is 11.1 Å². The molecule has 0 saturated heterocycles. The zero-order chi connectivity index (χ0) is 47.8. The maximum Gasteiger partial charge on any atom is 1.00 e. The van der Waals surface area contributed by atoms with Crippen molar-refractivity contribution in [3.63, 3.8) is 0 Å². The van der Waals surface area contributed by atoms with Crippen LogP contribution in [0, 0.1) is 13.8 Å². The molecule has 70 heavy (non-hydrogen) atoms. The summed E-state index contributed by atoms with van der Waals surface area (Å²) in [5, 5.41) is 33.5. The third-order valence-electron chi connectivity index (χ3n) is 9.37. The Morgan fingerprint density at radius 1 is 0.471 bits per heavy atom. The number of hydrogen-bond acceptors (Lipinski definition) is 23. The molecule has 0 amide bonds. The van der Waals surface area contributed by atoms with Crippen LogP contribution in [0.3, 0.4) is 0 Å². The van der Waals surface area contributed by atoms with Crippen molar-refractivity contribution >= 4 is 114 Å².